The van der Waals surface area contributed by atoms with Crippen LogP contribution in [0.3, 0.4) is 0 Å². The number of halogens is 1. The molecule has 3 aromatic carbocycles. The Balaban J connectivity index is 1.54. The monoisotopic (exact) mass is 474 g/mol. The van der Waals surface area contributed by atoms with Crippen LogP contribution in [0.2, 0.25) is 5.02 Å². The SMILES string of the molecule is C=CCOC1CCCN(C(=O)c2ccc(NC(=O)c3ccccc3C)cc2)c2ccc(Cl)cc21. The second-order valence-corrected chi connectivity index (χ2v) is 8.70. The van der Waals surface area contributed by atoms with Crippen LogP contribution in [-0.4, -0.2) is 25.0 Å². The third-order valence-corrected chi connectivity index (χ3v) is 6.15. The normalized spacial score (nSPS) is 15.2. The van der Waals surface area contributed by atoms with Crippen LogP contribution in [0.25, 0.3) is 0 Å². The maximum absolute atomic E-state index is 13.5. The molecule has 1 N–H and O–H groups in total. The van der Waals surface area contributed by atoms with E-state index in [-0.39, 0.29) is 17.9 Å². The predicted molar refractivity (Wildman–Crippen MR) is 137 cm³/mol. The molecule has 2 amide bonds. The summed E-state index contributed by atoms with van der Waals surface area (Å²) < 4.78 is 5.97. The number of hydrogen-bond acceptors (Lipinski definition) is 3. The summed E-state index contributed by atoms with van der Waals surface area (Å²) in [5.74, 6) is -0.286. The van der Waals surface area contributed by atoms with Crippen molar-refractivity contribution in [1.29, 1.82) is 0 Å². The van der Waals surface area contributed by atoms with E-state index in [2.05, 4.69) is 11.9 Å². The van der Waals surface area contributed by atoms with Crippen LogP contribution in [0, 0.1) is 6.92 Å². The van der Waals surface area contributed by atoms with E-state index < -0.39 is 0 Å². The van der Waals surface area contributed by atoms with Crippen molar-refractivity contribution >= 4 is 34.8 Å². The zero-order valence-electron chi connectivity index (χ0n) is 19.1. The van der Waals surface area contributed by atoms with Gasteiger partial charge in [-0.3, -0.25) is 9.59 Å². The topological polar surface area (TPSA) is 58.6 Å². The molecule has 1 atom stereocenters. The van der Waals surface area contributed by atoms with Gasteiger partial charge in [0.05, 0.1) is 12.7 Å². The first kappa shape index (κ1) is 23.7. The van der Waals surface area contributed by atoms with Gasteiger partial charge in [-0.2, -0.15) is 0 Å². The molecule has 174 valence electrons. The molecule has 1 unspecified atom stereocenters. The molecule has 1 aliphatic heterocycles. The lowest BCUT2D eigenvalue weighted by molar-refractivity contribution is 0.0684. The van der Waals surface area contributed by atoms with E-state index in [4.69, 9.17) is 16.3 Å². The summed E-state index contributed by atoms with van der Waals surface area (Å²) in [5, 5.41) is 3.50. The van der Waals surface area contributed by atoms with Gasteiger partial charge in [-0.25, -0.2) is 0 Å². The van der Waals surface area contributed by atoms with E-state index in [9.17, 15) is 9.59 Å². The predicted octanol–water partition coefficient (Wildman–Crippen LogP) is 6.59. The molecule has 0 fully saturated rings. The Morgan fingerprint density at radius 1 is 1.15 bits per heavy atom. The number of benzene rings is 3. The number of fused-ring (bicyclic) bond motifs is 1. The van der Waals surface area contributed by atoms with E-state index >= 15 is 0 Å². The maximum Gasteiger partial charge on any atom is 0.258 e. The molecule has 1 heterocycles. The van der Waals surface area contributed by atoms with Gasteiger partial charge in [0, 0.05) is 39.6 Å². The van der Waals surface area contributed by atoms with Crippen LogP contribution < -0.4 is 10.2 Å². The first-order valence-electron chi connectivity index (χ1n) is 11.3. The molecule has 0 aliphatic carbocycles. The molecule has 3 aromatic rings. The van der Waals surface area contributed by atoms with E-state index in [0.717, 1.165) is 29.7 Å². The molecule has 0 bridgehead atoms. The number of aryl methyl sites for hydroxylation is 1. The van der Waals surface area contributed by atoms with Gasteiger partial charge in [-0.1, -0.05) is 35.9 Å². The van der Waals surface area contributed by atoms with Crippen molar-refractivity contribution in [3.63, 3.8) is 0 Å². The van der Waals surface area contributed by atoms with Gasteiger partial charge in [0.15, 0.2) is 0 Å². The summed E-state index contributed by atoms with van der Waals surface area (Å²) in [6.07, 6.45) is 3.15. The molecule has 0 saturated heterocycles. The highest BCUT2D eigenvalue weighted by atomic mass is 35.5. The van der Waals surface area contributed by atoms with Crippen molar-refractivity contribution < 1.29 is 14.3 Å². The summed E-state index contributed by atoms with van der Waals surface area (Å²) in [6.45, 7) is 6.64. The van der Waals surface area contributed by atoms with Gasteiger partial charge in [-0.15, -0.1) is 6.58 Å². The third kappa shape index (κ3) is 5.22. The zero-order chi connectivity index (χ0) is 24.1. The number of nitrogens with one attached hydrogen (secondary N) is 1. The van der Waals surface area contributed by atoms with Crippen molar-refractivity contribution in [2.24, 2.45) is 0 Å². The van der Waals surface area contributed by atoms with E-state index in [1.807, 2.05) is 37.3 Å². The van der Waals surface area contributed by atoms with Gasteiger partial charge in [-0.05, 0) is 73.9 Å². The summed E-state index contributed by atoms with van der Waals surface area (Å²) in [7, 11) is 0. The van der Waals surface area contributed by atoms with E-state index in [0.29, 0.717) is 35.0 Å². The number of ether oxygens (including phenoxy) is 1. The Morgan fingerprint density at radius 3 is 2.65 bits per heavy atom. The number of carbonyl (C=O) groups is 2. The zero-order valence-corrected chi connectivity index (χ0v) is 19.8. The van der Waals surface area contributed by atoms with Crippen molar-refractivity contribution in [3.8, 4) is 0 Å². The van der Waals surface area contributed by atoms with Crippen molar-refractivity contribution in [3.05, 3.63) is 107 Å². The van der Waals surface area contributed by atoms with Crippen LogP contribution in [0.15, 0.2) is 79.4 Å². The molecule has 0 spiro atoms. The number of carbonyl (C=O) groups excluding carboxylic acids is 2. The smallest absolute Gasteiger partial charge is 0.258 e. The molecule has 0 radical (unpaired) electrons. The highest BCUT2D eigenvalue weighted by Crippen LogP contribution is 2.37. The van der Waals surface area contributed by atoms with Crippen molar-refractivity contribution in [1.82, 2.24) is 0 Å². The van der Waals surface area contributed by atoms with Gasteiger partial charge >= 0.3 is 0 Å². The Morgan fingerprint density at radius 2 is 1.91 bits per heavy atom. The lowest BCUT2D eigenvalue weighted by Crippen LogP contribution is -2.31. The van der Waals surface area contributed by atoms with Gasteiger partial charge in [0.2, 0.25) is 0 Å². The molecule has 34 heavy (non-hydrogen) atoms. The Bertz CT molecular complexity index is 1210. The summed E-state index contributed by atoms with van der Waals surface area (Å²) >= 11 is 6.27. The maximum atomic E-state index is 13.5. The molecule has 1 aliphatic rings. The second-order valence-electron chi connectivity index (χ2n) is 8.26. The molecule has 0 aromatic heterocycles. The second kappa shape index (κ2) is 10.7. The average molecular weight is 475 g/mol. The average Bonchev–Trinajstić information content (AvgIpc) is 3.02. The van der Waals surface area contributed by atoms with Gasteiger partial charge in [0.1, 0.15) is 0 Å². The molecular formula is C28H27ClN2O3. The third-order valence-electron chi connectivity index (χ3n) is 5.92. The summed E-state index contributed by atoms with van der Waals surface area (Å²) in [5.41, 5.74) is 4.41. The highest BCUT2D eigenvalue weighted by molar-refractivity contribution is 6.30. The Kier molecular flexibility index (Phi) is 7.46. The first-order chi connectivity index (χ1) is 16.5. The van der Waals surface area contributed by atoms with Crippen molar-refractivity contribution in [2.75, 3.05) is 23.4 Å². The largest absolute Gasteiger partial charge is 0.369 e. The standard InChI is InChI=1S/C28H27ClN2O3/c1-3-17-34-26-9-6-16-31(25-15-12-21(29)18-24(25)26)28(33)20-10-13-22(14-11-20)30-27(32)23-8-5-4-7-19(23)2/h3-5,7-8,10-15,18,26H,1,6,9,16-17H2,2H3,(H,30,32). The Labute approximate surface area is 205 Å². The van der Waals surface area contributed by atoms with Crippen LogP contribution >= 0.6 is 11.6 Å². The summed E-state index contributed by atoms with van der Waals surface area (Å²) in [4.78, 5) is 27.8. The van der Waals surface area contributed by atoms with Gasteiger partial charge < -0.3 is 15.0 Å². The van der Waals surface area contributed by atoms with Crippen LogP contribution in [0.4, 0.5) is 11.4 Å². The number of amides is 2. The highest BCUT2D eigenvalue weighted by Gasteiger charge is 2.28. The van der Waals surface area contributed by atoms with Crippen molar-refractivity contribution in [2.45, 2.75) is 25.9 Å². The van der Waals surface area contributed by atoms with Crippen LogP contribution in [-0.2, 0) is 4.74 Å². The van der Waals surface area contributed by atoms with E-state index in [1.54, 1.807) is 47.4 Å². The first-order valence-corrected chi connectivity index (χ1v) is 11.7. The minimum Gasteiger partial charge on any atom is -0.369 e. The van der Waals surface area contributed by atoms with Gasteiger partial charge in [0.25, 0.3) is 11.8 Å². The number of rotatable bonds is 6. The molecule has 5 nitrogen and oxygen atoms in total. The lowest BCUT2D eigenvalue weighted by Gasteiger charge is -2.24. The summed E-state index contributed by atoms with van der Waals surface area (Å²) in [6, 6.07) is 19.9. The van der Waals surface area contributed by atoms with E-state index in [1.165, 1.54) is 0 Å². The quantitative estimate of drug-likeness (QED) is 0.410. The lowest BCUT2D eigenvalue weighted by atomic mass is 10.0. The number of nitrogens with zero attached hydrogens (tertiary/aromatic N) is 1. The Hall–Kier alpha value is -3.41. The molecular weight excluding hydrogens is 448 g/mol. The minimum absolute atomic E-state index is 0.107. The van der Waals surface area contributed by atoms with Crippen LogP contribution in [0.1, 0.15) is 50.8 Å². The fourth-order valence-electron chi connectivity index (χ4n) is 4.19. The molecule has 0 saturated carbocycles. The molecule has 6 heteroatoms. The fourth-order valence-corrected chi connectivity index (χ4v) is 4.37. The number of anilines is 2. The minimum atomic E-state index is -0.180. The molecule has 4 rings (SSSR count). The fraction of sp³-hybridized carbons (Fsp3) is 0.214. The van der Waals surface area contributed by atoms with Crippen LogP contribution in [0.5, 0.6) is 0 Å². The number of hydrogen-bond donors (Lipinski definition) is 1.